The zero-order valence-electron chi connectivity index (χ0n) is 13.3. The highest BCUT2D eigenvalue weighted by Crippen LogP contribution is 2.27. The van der Waals surface area contributed by atoms with Gasteiger partial charge in [0.1, 0.15) is 11.6 Å². The van der Waals surface area contributed by atoms with E-state index in [1.54, 1.807) is 12.1 Å². The van der Waals surface area contributed by atoms with Gasteiger partial charge in [-0.2, -0.15) is 0 Å². The number of aromatic hydroxyl groups is 1. The number of phenolic OH excluding ortho intramolecular Hbond substituents is 1. The van der Waals surface area contributed by atoms with E-state index in [4.69, 9.17) is 9.97 Å². The van der Waals surface area contributed by atoms with E-state index in [2.05, 4.69) is 19.2 Å². The Bertz CT molecular complexity index is 640. The van der Waals surface area contributed by atoms with Crippen molar-refractivity contribution in [1.82, 2.24) is 15.3 Å². The first-order valence-corrected chi connectivity index (χ1v) is 7.99. The van der Waals surface area contributed by atoms with Crippen molar-refractivity contribution in [2.45, 2.75) is 45.6 Å². The Morgan fingerprint density at radius 2 is 1.95 bits per heavy atom. The van der Waals surface area contributed by atoms with Crippen LogP contribution in [0.2, 0.25) is 0 Å². The third-order valence-electron chi connectivity index (χ3n) is 4.30. The average Bonchev–Trinajstić information content (AvgIpc) is 2.47. The molecule has 1 fully saturated rings. The maximum atomic E-state index is 9.57. The number of phenols is 1. The lowest BCUT2D eigenvalue weighted by Crippen LogP contribution is -2.28. The van der Waals surface area contributed by atoms with Crippen LogP contribution < -0.4 is 5.32 Å². The van der Waals surface area contributed by atoms with Crippen molar-refractivity contribution >= 4 is 0 Å². The van der Waals surface area contributed by atoms with Gasteiger partial charge >= 0.3 is 0 Å². The smallest absolute Gasteiger partial charge is 0.133 e. The fourth-order valence-corrected chi connectivity index (χ4v) is 3.33. The van der Waals surface area contributed by atoms with Crippen LogP contribution in [0.3, 0.4) is 0 Å². The topological polar surface area (TPSA) is 58.0 Å². The van der Waals surface area contributed by atoms with Crippen molar-refractivity contribution in [2.75, 3.05) is 6.54 Å². The highest BCUT2D eigenvalue weighted by Gasteiger charge is 2.20. The van der Waals surface area contributed by atoms with Gasteiger partial charge in [-0.05, 0) is 50.9 Å². The Kier molecular flexibility index (Phi) is 4.39. The third-order valence-corrected chi connectivity index (χ3v) is 4.30. The molecule has 1 aromatic carbocycles. The summed E-state index contributed by atoms with van der Waals surface area (Å²) >= 11 is 0. The highest BCUT2D eigenvalue weighted by atomic mass is 16.3. The van der Waals surface area contributed by atoms with Gasteiger partial charge in [0, 0.05) is 29.4 Å². The van der Waals surface area contributed by atoms with Crippen LogP contribution in [0.1, 0.15) is 53.6 Å². The zero-order chi connectivity index (χ0) is 15.5. The van der Waals surface area contributed by atoms with Crippen LogP contribution in [0, 0.1) is 13.8 Å². The van der Waals surface area contributed by atoms with Crippen LogP contribution in [0.4, 0.5) is 0 Å². The summed E-state index contributed by atoms with van der Waals surface area (Å²) in [4.78, 5) is 9.40. The van der Waals surface area contributed by atoms with Gasteiger partial charge in [-0.15, -0.1) is 0 Å². The van der Waals surface area contributed by atoms with Crippen molar-refractivity contribution in [3.8, 4) is 5.75 Å². The van der Waals surface area contributed by atoms with E-state index < -0.39 is 0 Å². The minimum atomic E-state index is 0.286. The van der Waals surface area contributed by atoms with Crippen LogP contribution in [0.15, 0.2) is 24.3 Å². The fraction of sp³-hybridized carbons (Fsp3) is 0.444. The summed E-state index contributed by atoms with van der Waals surface area (Å²) in [6, 6.07) is 7.68. The van der Waals surface area contributed by atoms with Gasteiger partial charge in [-0.25, -0.2) is 9.97 Å². The van der Waals surface area contributed by atoms with Crippen LogP contribution in [0.5, 0.6) is 5.75 Å². The maximum absolute atomic E-state index is 9.57. The van der Waals surface area contributed by atoms with E-state index in [1.165, 1.54) is 18.4 Å². The van der Waals surface area contributed by atoms with Gasteiger partial charge in [-0.1, -0.05) is 18.6 Å². The molecule has 1 aliphatic heterocycles. The van der Waals surface area contributed by atoms with Gasteiger partial charge < -0.3 is 10.4 Å². The molecule has 22 heavy (non-hydrogen) atoms. The van der Waals surface area contributed by atoms with Gasteiger partial charge in [-0.3, -0.25) is 0 Å². The average molecular weight is 297 g/mol. The Morgan fingerprint density at radius 3 is 2.59 bits per heavy atom. The molecule has 1 aromatic heterocycles. The number of benzene rings is 1. The van der Waals surface area contributed by atoms with E-state index in [-0.39, 0.29) is 5.75 Å². The van der Waals surface area contributed by atoms with E-state index in [0.717, 1.165) is 35.7 Å². The van der Waals surface area contributed by atoms with E-state index in [0.29, 0.717) is 12.5 Å². The standard InChI is InChI=1S/C18H23N3O/c1-12-18(16-8-3-4-9-19-16)13(2)21-17(20-12)11-14-6-5-7-15(22)10-14/h5-7,10,16,19,22H,3-4,8-9,11H2,1-2H3. The molecule has 3 rings (SSSR count). The van der Waals surface area contributed by atoms with E-state index >= 15 is 0 Å². The molecule has 2 heterocycles. The monoisotopic (exact) mass is 297 g/mol. The summed E-state index contributed by atoms with van der Waals surface area (Å²) in [5.74, 6) is 1.11. The minimum Gasteiger partial charge on any atom is -0.508 e. The van der Waals surface area contributed by atoms with Gasteiger partial charge in [0.25, 0.3) is 0 Å². The number of aromatic nitrogens is 2. The summed E-state index contributed by atoms with van der Waals surface area (Å²) in [6.07, 6.45) is 4.33. The number of rotatable bonds is 3. The molecule has 1 saturated heterocycles. The molecule has 0 bridgehead atoms. The largest absolute Gasteiger partial charge is 0.508 e. The number of hydrogen-bond donors (Lipinski definition) is 2. The normalized spacial score (nSPS) is 18.4. The molecule has 2 N–H and O–H groups in total. The molecule has 116 valence electrons. The Morgan fingerprint density at radius 1 is 1.18 bits per heavy atom. The molecule has 0 spiro atoms. The Balaban J connectivity index is 1.85. The second-order valence-electron chi connectivity index (χ2n) is 6.07. The van der Waals surface area contributed by atoms with Crippen LogP contribution in [0.25, 0.3) is 0 Å². The predicted octanol–water partition coefficient (Wildman–Crippen LogP) is 3.20. The van der Waals surface area contributed by atoms with Crippen LogP contribution in [-0.2, 0) is 6.42 Å². The Hall–Kier alpha value is -1.94. The van der Waals surface area contributed by atoms with Crippen molar-refractivity contribution in [3.63, 3.8) is 0 Å². The molecule has 0 amide bonds. The number of aryl methyl sites for hydroxylation is 2. The summed E-state index contributed by atoms with van der Waals surface area (Å²) in [7, 11) is 0. The van der Waals surface area contributed by atoms with Crippen LogP contribution in [-0.4, -0.2) is 21.6 Å². The lowest BCUT2D eigenvalue weighted by Gasteiger charge is -2.26. The third kappa shape index (κ3) is 3.28. The summed E-state index contributed by atoms with van der Waals surface area (Å²) in [5.41, 5.74) is 4.44. The molecule has 1 unspecified atom stereocenters. The number of nitrogens with one attached hydrogen (secondary N) is 1. The van der Waals surface area contributed by atoms with Gasteiger partial charge in [0.05, 0.1) is 0 Å². The van der Waals surface area contributed by atoms with E-state index in [1.807, 2.05) is 12.1 Å². The number of piperidine rings is 1. The SMILES string of the molecule is Cc1nc(Cc2cccc(O)c2)nc(C)c1C1CCCCN1. The Labute approximate surface area is 131 Å². The van der Waals surface area contributed by atoms with Crippen molar-refractivity contribution in [2.24, 2.45) is 0 Å². The molecule has 0 saturated carbocycles. The summed E-state index contributed by atoms with van der Waals surface area (Å²) < 4.78 is 0. The van der Waals surface area contributed by atoms with Crippen molar-refractivity contribution in [3.05, 3.63) is 52.6 Å². The highest BCUT2D eigenvalue weighted by molar-refractivity contribution is 5.32. The molecule has 1 aliphatic rings. The van der Waals surface area contributed by atoms with Gasteiger partial charge in [0.2, 0.25) is 0 Å². The van der Waals surface area contributed by atoms with Gasteiger partial charge in [0.15, 0.2) is 0 Å². The molecular weight excluding hydrogens is 274 g/mol. The zero-order valence-corrected chi connectivity index (χ0v) is 13.3. The summed E-state index contributed by atoms with van der Waals surface area (Å²) in [5, 5.41) is 13.1. The van der Waals surface area contributed by atoms with E-state index in [9.17, 15) is 5.11 Å². The van der Waals surface area contributed by atoms with Crippen molar-refractivity contribution < 1.29 is 5.11 Å². The molecule has 4 heteroatoms. The second kappa shape index (κ2) is 6.44. The lowest BCUT2D eigenvalue weighted by atomic mass is 9.95. The fourth-order valence-electron chi connectivity index (χ4n) is 3.33. The number of hydrogen-bond acceptors (Lipinski definition) is 4. The second-order valence-corrected chi connectivity index (χ2v) is 6.07. The molecule has 0 radical (unpaired) electrons. The molecule has 4 nitrogen and oxygen atoms in total. The lowest BCUT2D eigenvalue weighted by molar-refractivity contribution is 0.407. The summed E-state index contributed by atoms with van der Waals surface area (Å²) in [6.45, 7) is 5.23. The first-order chi connectivity index (χ1) is 10.6. The quantitative estimate of drug-likeness (QED) is 0.913. The maximum Gasteiger partial charge on any atom is 0.133 e. The first-order valence-electron chi connectivity index (χ1n) is 7.99. The first kappa shape index (κ1) is 15.0. The molecule has 1 atom stereocenters. The minimum absolute atomic E-state index is 0.286. The number of nitrogens with zero attached hydrogens (tertiary/aromatic N) is 2. The predicted molar refractivity (Wildman–Crippen MR) is 87.0 cm³/mol. The molecule has 2 aromatic rings. The van der Waals surface area contributed by atoms with Crippen LogP contribution >= 0.6 is 0 Å². The molecular formula is C18H23N3O. The molecule has 0 aliphatic carbocycles. The van der Waals surface area contributed by atoms with Crippen molar-refractivity contribution in [1.29, 1.82) is 0 Å².